The number of ether oxygens (including phenoxy) is 1. The average Bonchev–Trinajstić information content (AvgIpc) is 3.45. The highest BCUT2D eigenvalue weighted by molar-refractivity contribution is 5.96. The van der Waals surface area contributed by atoms with Crippen molar-refractivity contribution in [2.24, 2.45) is 0 Å². The van der Waals surface area contributed by atoms with Crippen LogP contribution in [0, 0.1) is 0 Å². The van der Waals surface area contributed by atoms with E-state index in [1.807, 2.05) is 60.7 Å². The topological polar surface area (TPSA) is 105 Å². The van der Waals surface area contributed by atoms with E-state index in [1.54, 1.807) is 18.6 Å². The third-order valence-corrected chi connectivity index (χ3v) is 6.07. The van der Waals surface area contributed by atoms with Crippen LogP contribution >= 0.6 is 0 Å². The Hall–Kier alpha value is -4.04. The molecule has 1 atom stereocenters. The van der Waals surface area contributed by atoms with Crippen molar-refractivity contribution in [1.82, 2.24) is 25.5 Å². The average molecular weight is 455 g/mol. The normalized spacial score (nSPS) is 14.9. The van der Waals surface area contributed by atoms with Gasteiger partial charge in [-0.25, -0.2) is 4.98 Å². The maximum atomic E-state index is 13.6. The van der Waals surface area contributed by atoms with Gasteiger partial charge in [0.1, 0.15) is 5.69 Å². The zero-order valence-corrected chi connectivity index (χ0v) is 18.9. The van der Waals surface area contributed by atoms with Gasteiger partial charge in [-0.2, -0.15) is 5.10 Å². The van der Waals surface area contributed by atoms with Crippen LogP contribution in [-0.4, -0.2) is 39.2 Å². The van der Waals surface area contributed by atoms with Gasteiger partial charge in [0.05, 0.1) is 30.1 Å². The van der Waals surface area contributed by atoms with Crippen molar-refractivity contribution in [2.75, 3.05) is 12.4 Å². The number of hydrogen-bond donors (Lipinski definition) is 3. The number of anilines is 1. The van der Waals surface area contributed by atoms with Gasteiger partial charge in [0.15, 0.2) is 0 Å². The Labute approximate surface area is 197 Å². The summed E-state index contributed by atoms with van der Waals surface area (Å²) in [6.07, 6.45) is 7.55. The minimum absolute atomic E-state index is 0.159. The van der Waals surface area contributed by atoms with Gasteiger partial charge in [-0.3, -0.25) is 20.2 Å². The lowest BCUT2D eigenvalue weighted by atomic mass is 10.0. The zero-order chi connectivity index (χ0) is 23.4. The summed E-state index contributed by atoms with van der Waals surface area (Å²) >= 11 is 0. The summed E-state index contributed by atoms with van der Waals surface area (Å²) in [7, 11) is 1.54. The Balaban J connectivity index is 1.42. The summed E-state index contributed by atoms with van der Waals surface area (Å²) in [6.45, 7) is 0. The second-order valence-electron chi connectivity index (χ2n) is 8.42. The summed E-state index contributed by atoms with van der Waals surface area (Å²) in [6, 6.07) is 19.1. The van der Waals surface area contributed by atoms with Crippen LogP contribution in [0.15, 0.2) is 79.3 Å². The highest BCUT2D eigenvalue weighted by Gasteiger charge is 2.47. The number of aromatic nitrogens is 4. The number of rotatable bonds is 9. The molecule has 0 aliphatic heterocycles. The van der Waals surface area contributed by atoms with Crippen molar-refractivity contribution in [3.63, 3.8) is 0 Å². The lowest BCUT2D eigenvalue weighted by Crippen LogP contribution is -2.47. The number of methoxy groups -OCH3 is 1. The quantitative estimate of drug-likeness (QED) is 0.356. The Morgan fingerprint density at radius 1 is 1.09 bits per heavy atom. The van der Waals surface area contributed by atoms with Crippen LogP contribution in [0.1, 0.15) is 24.1 Å². The molecular formula is C26H26N6O2. The molecule has 1 amide bonds. The minimum Gasteiger partial charge on any atom is -0.480 e. The van der Waals surface area contributed by atoms with Crippen molar-refractivity contribution in [3.8, 4) is 17.1 Å². The molecule has 1 saturated carbocycles. The van der Waals surface area contributed by atoms with Crippen LogP contribution in [0.2, 0.25) is 0 Å². The first kappa shape index (κ1) is 21.8. The molecule has 1 aliphatic carbocycles. The summed E-state index contributed by atoms with van der Waals surface area (Å²) < 4.78 is 5.42. The van der Waals surface area contributed by atoms with Gasteiger partial charge in [-0.15, -0.1) is 0 Å². The number of benzene rings is 1. The van der Waals surface area contributed by atoms with E-state index in [-0.39, 0.29) is 11.4 Å². The summed E-state index contributed by atoms with van der Waals surface area (Å²) in [5.41, 5.74) is 3.84. The number of nitrogens with zero attached hydrogens (tertiary/aromatic N) is 3. The molecule has 1 aromatic carbocycles. The predicted octanol–water partition coefficient (Wildman–Crippen LogP) is 3.70. The van der Waals surface area contributed by atoms with Gasteiger partial charge < -0.3 is 10.1 Å². The molecule has 0 unspecified atom stereocenters. The van der Waals surface area contributed by atoms with Gasteiger partial charge in [-0.1, -0.05) is 36.4 Å². The lowest BCUT2D eigenvalue weighted by Gasteiger charge is -2.25. The van der Waals surface area contributed by atoms with E-state index in [1.165, 1.54) is 7.11 Å². The van der Waals surface area contributed by atoms with Crippen molar-refractivity contribution >= 4 is 11.6 Å². The molecule has 0 radical (unpaired) electrons. The van der Waals surface area contributed by atoms with Crippen LogP contribution in [0.25, 0.3) is 11.3 Å². The SMILES string of the molecule is COc1ncc(-c2ccn[nH]2)cc1NC(=O)[C@H](Cc1ccccc1)NC1(c2ccccn2)CC1. The monoisotopic (exact) mass is 454 g/mol. The van der Waals surface area contributed by atoms with Crippen molar-refractivity contribution < 1.29 is 9.53 Å². The fraction of sp³-hybridized carbons (Fsp3) is 0.231. The summed E-state index contributed by atoms with van der Waals surface area (Å²) in [5, 5.41) is 13.6. The zero-order valence-electron chi connectivity index (χ0n) is 18.9. The molecule has 8 heteroatoms. The third-order valence-electron chi connectivity index (χ3n) is 6.07. The highest BCUT2D eigenvalue weighted by Crippen LogP contribution is 2.45. The molecule has 3 N–H and O–H groups in total. The molecule has 4 aromatic rings. The van der Waals surface area contributed by atoms with Crippen molar-refractivity contribution in [3.05, 3.63) is 90.5 Å². The number of carbonyl (C=O) groups excluding carboxylic acids is 1. The number of pyridine rings is 2. The molecule has 0 spiro atoms. The first-order valence-corrected chi connectivity index (χ1v) is 11.2. The van der Waals surface area contributed by atoms with E-state index in [2.05, 4.69) is 30.8 Å². The molecule has 0 bridgehead atoms. The molecule has 8 nitrogen and oxygen atoms in total. The first-order valence-electron chi connectivity index (χ1n) is 11.2. The van der Waals surface area contributed by atoms with Crippen LogP contribution in [-0.2, 0) is 16.8 Å². The number of H-pyrrole nitrogens is 1. The molecular weight excluding hydrogens is 428 g/mol. The molecule has 3 aromatic heterocycles. The van der Waals surface area contributed by atoms with Gasteiger partial charge in [0.2, 0.25) is 11.8 Å². The van der Waals surface area contributed by atoms with Gasteiger partial charge in [-0.05, 0) is 49.1 Å². The molecule has 5 rings (SSSR count). The summed E-state index contributed by atoms with van der Waals surface area (Å²) in [5.74, 6) is 0.189. The third kappa shape index (κ3) is 4.67. The Morgan fingerprint density at radius 2 is 1.91 bits per heavy atom. The maximum Gasteiger partial charge on any atom is 0.242 e. The highest BCUT2D eigenvalue weighted by atomic mass is 16.5. The van der Waals surface area contributed by atoms with E-state index in [0.717, 1.165) is 35.4 Å². The molecule has 34 heavy (non-hydrogen) atoms. The molecule has 0 saturated heterocycles. The van der Waals surface area contributed by atoms with Gasteiger partial charge in [0.25, 0.3) is 0 Å². The standard InChI is InChI=1S/C26H26N6O2/c1-34-25-22(16-19(17-28-25)20-10-14-29-32-20)30-24(33)21(15-18-7-3-2-4-8-18)31-26(11-12-26)23-9-5-6-13-27-23/h2-10,13-14,16-17,21,31H,11-12,15H2,1H3,(H,29,32)(H,30,33)/t21-/m0/s1. The number of hydrogen-bond acceptors (Lipinski definition) is 6. The van der Waals surface area contributed by atoms with E-state index in [4.69, 9.17) is 4.74 Å². The second kappa shape index (κ2) is 9.44. The molecule has 172 valence electrons. The Bertz CT molecular complexity index is 1240. The predicted molar refractivity (Wildman–Crippen MR) is 129 cm³/mol. The van der Waals surface area contributed by atoms with Crippen LogP contribution < -0.4 is 15.4 Å². The van der Waals surface area contributed by atoms with E-state index in [0.29, 0.717) is 18.0 Å². The number of amides is 1. The smallest absolute Gasteiger partial charge is 0.242 e. The number of carbonyl (C=O) groups is 1. The largest absolute Gasteiger partial charge is 0.480 e. The number of nitrogens with one attached hydrogen (secondary N) is 3. The fourth-order valence-electron chi connectivity index (χ4n) is 4.13. The Kier molecular flexibility index (Phi) is 6.05. The number of aromatic amines is 1. The van der Waals surface area contributed by atoms with Crippen LogP contribution in [0.5, 0.6) is 5.88 Å². The molecule has 1 aliphatic rings. The van der Waals surface area contributed by atoms with E-state index >= 15 is 0 Å². The molecule has 1 fully saturated rings. The van der Waals surface area contributed by atoms with Crippen LogP contribution in [0.4, 0.5) is 5.69 Å². The Morgan fingerprint density at radius 3 is 2.59 bits per heavy atom. The summed E-state index contributed by atoms with van der Waals surface area (Å²) in [4.78, 5) is 22.5. The lowest BCUT2D eigenvalue weighted by molar-refractivity contribution is -0.118. The first-order chi connectivity index (χ1) is 16.7. The van der Waals surface area contributed by atoms with E-state index < -0.39 is 6.04 Å². The maximum absolute atomic E-state index is 13.6. The van der Waals surface area contributed by atoms with Gasteiger partial charge in [0, 0.05) is 24.2 Å². The van der Waals surface area contributed by atoms with E-state index in [9.17, 15) is 4.79 Å². The minimum atomic E-state index is -0.479. The van der Waals surface area contributed by atoms with Crippen LogP contribution in [0.3, 0.4) is 0 Å². The molecule has 3 heterocycles. The van der Waals surface area contributed by atoms with Crippen molar-refractivity contribution in [2.45, 2.75) is 30.8 Å². The fourth-order valence-corrected chi connectivity index (χ4v) is 4.13. The second-order valence-corrected chi connectivity index (χ2v) is 8.42. The van der Waals surface area contributed by atoms with Gasteiger partial charge >= 0.3 is 0 Å². The van der Waals surface area contributed by atoms with Crippen molar-refractivity contribution in [1.29, 1.82) is 0 Å².